The maximum Gasteiger partial charge on any atom is 0.306 e. The quantitative estimate of drug-likeness (QED) is 0.0444. The van der Waals surface area contributed by atoms with Gasteiger partial charge in [-0.05, 0) is 44.9 Å². The molecule has 0 aromatic heterocycles. The fourth-order valence-corrected chi connectivity index (χ4v) is 3.89. The Labute approximate surface area is 250 Å². The van der Waals surface area contributed by atoms with Crippen molar-refractivity contribution in [3.05, 3.63) is 60.8 Å². The van der Waals surface area contributed by atoms with E-state index < -0.39 is 6.10 Å². The number of carbonyl (C=O) groups is 2. The van der Waals surface area contributed by atoms with Gasteiger partial charge in [-0.2, -0.15) is 0 Å². The number of unbranched alkanes of at least 4 members (excludes halogenated alkanes) is 9. The van der Waals surface area contributed by atoms with Crippen molar-refractivity contribution >= 4 is 11.9 Å². The van der Waals surface area contributed by atoms with Crippen LogP contribution < -0.4 is 0 Å². The summed E-state index contributed by atoms with van der Waals surface area (Å²) in [7, 11) is 0. The average molecular weight is 575 g/mol. The molecule has 0 aliphatic heterocycles. The second kappa shape index (κ2) is 30.5. The lowest BCUT2D eigenvalue weighted by Gasteiger charge is -2.15. The molecule has 0 aliphatic carbocycles. The van der Waals surface area contributed by atoms with Gasteiger partial charge in [0.25, 0.3) is 0 Å². The highest BCUT2D eigenvalue weighted by atomic mass is 16.6. The summed E-state index contributed by atoms with van der Waals surface area (Å²) >= 11 is 0. The van der Waals surface area contributed by atoms with Gasteiger partial charge in [0.05, 0.1) is 12.7 Å². The molecule has 0 saturated carbocycles. The minimum atomic E-state index is -0.800. The molecule has 0 aromatic rings. The van der Waals surface area contributed by atoms with Crippen molar-refractivity contribution in [2.45, 2.75) is 135 Å². The Hall–Kier alpha value is -2.44. The summed E-state index contributed by atoms with van der Waals surface area (Å²) < 4.78 is 10.5. The number of carbonyl (C=O) groups excluding carboxylic acids is 2. The molecule has 41 heavy (non-hydrogen) atoms. The molecule has 0 radical (unpaired) electrons. The molecule has 0 rings (SSSR count). The number of hydrogen-bond acceptors (Lipinski definition) is 6. The lowest BCUT2D eigenvalue weighted by Crippen LogP contribution is -2.28. The van der Waals surface area contributed by atoms with E-state index in [1.165, 1.54) is 38.5 Å². The molecule has 0 bridgehead atoms. The van der Waals surface area contributed by atoms with Gasteiger partial charge in [-0.15, -0.1) is 0 Å². The number of ether oxygens (including phenoxy) is 2. The van der Waals surface area contributed by atoms with Crippen molar-refractivity contribution in [3.8, 4) is 0 Å². The number of hydrogen-bond donors (Lipinski definition) is 2. The van der Waals surface area contributed by atoms with Gasteiger partial charge < -0.3 is 19.7 Å². The minimum absolute atomic E-state index is 0.107. The first kappa shape index (κ1) is 38.6. The number of aliphatic hydroxyl groups is 2. The number of rotatable bonds is 27. The molecule has 0 aromatic carbocycles. The van der Waals surface area contributed by atoms with Crippen molar-refractivity contribution < 1.29 is 29.3 Å². The van der Waals surface area contributed by atoms with Crippen molar-refractivity contribution in [1.82, 2.24) is 0 Å². The fourth-order valence-electron chi connectivity index (χ4n) is 3.89. The molecule has 0 amide bonds. The molecule has 0 aliphatic rings. The summed E-state index contributed by atoms with van der Waals surface area (Å²) in [5, 5.41) is 18.9. The van der Waals surface area contributed by atoms with Crippen LogP contribution in [0.2, 0.25) is 0 Å². The van der Waals surface area contributed by atoms with E-state index >= 15 is 0 Å². The zero-order valence-electron chi connectivity index (χ0n) is 25.9. The summed E-state index contributed by atoms with van der Waals surface area (Å²) in [4.78, 5) is 24.0. The van der Waals surface area contributed by atoms with E-state index in [9.17, 15) is 19.8 Å². The van der Waals surface area contributed by atoms with E-state index in [1.54, 1.807) is 6.08 Å². The lowest BCUT2D eigenvalue weighted by atomic mass is 10.1. The SMILES string of the molecule is CCCCCCCCCCCC(=O)O[C@@H](CO)COC(=O)CCC/C=C\C/C=C\C/C=C\C/C=C\C=C\[C@@H](O)CC. The molecular formula is C35H58O6. The van der Waals surface area contributed by atoms with Gasteiger partial charge in [0.15, 0.2) is 6.10 Å². The van der Waals surface area contributed by atoms with E-state index in [0.29, 0.717) is 19.3 Å². The molecular weight excluding hydrogens is 516 g/mol. The van der Waals surface area contributed by atoms with E-state index in [-0.39, 0.29) is 31.3 Å². The molecule has 0 unspecified atom stereocenters. The van der Waals surface area contributed by atoms with Crippen LogP contribution in [0.3, 0.4) is 0 Å². The molecule has 0 saturated heterocycles. The van der Waals surface area contributed by atoms with Crippen LogP contribution in [0.5, 0.6) is 0 Å². The number of esters is 2. The first-order valence-corrected chi connectivity index (χ1v) is 16.0. The van der Waals surface area contributed by atoms with Crippen LogP contribution in [0.15, 0.2) is 60.8 Å². The van der Waals surface area contributed by atoms with Crippen LogP contribution >= 0.6 is 0 Å². The normalized spacial score (nSPS) is 13.8. The molecule has 2 atom stereocenters. The number of aliphatic hydroxyl groups excluding tert-OH is 2. The zero-order chi connectivity index (χ0) is 30.2. The predicted molar refractivity (Wildman–Crippen MR) is 169 cm³/mol. The smallest absolute Gasteiger partial charge is 0.306 e. The van der Waals surface area contributed by atoms with Crippen molar-refractivity contribution in [1.29, 1.82) is 0 Å². The maximum atomic E-state index is 12.0. The van der Waals surface area contributed by atoms with E-state index in [0.717, 1.165) is 51.4 Å². The van der Waals surface area contributed by atoms with Gasteiger partial charge in [0, 0.05) is 12.8 Å². The molecule has 6 heteroatoms. The first-order valence-electron chi connectivity index (χ1n) is 16.0. The van der Waals surface area contributed by atoms with Crippen LogP contribution in [0.1, 0.15) is 123 Å². The third-order valence-electron chi connectivity index (χ3n) is 6.48. The van der Waals surface area contributed by atoms with Gasteiger partial charge in [0.1, 0.15) is 6.61 Å². The van der Waals surface area contributed by atoms with Crippen LogP contribution in [-0.4, -0.2) is 47.6 Å². The Balaban J connectivity index is 3.77. The van der Waals surface area contributed by atoms with Crippen LogP contribution in [0.25, 0.3) is 0 Å². The van der Waals surface area contributed by atoms with Crippen LogP contribution in [0.4, 0.5) is 0 Å². The summed E-state index contributed by atoms with van der Waals surface area (Å²) in [6.45, 7) is 3.70. The monoisotopic (exact) mass is 574 g/mol. The Morgan fingerprint density at radius 3 is 1.85 bits per heavy atom. The second-order valence-electron chi connectivity index (χ2n) is 10.4. The zero-order valence-corrected chi connectivity index (χ0v) is 25.9. The van der Waals surface area contributed by atoms with E-state index in [4.69, 9.17) is 9.47 Å². The Bertz CT molecular complexity index is 765. The highest BCUT2D eigenvalue weighted by molar-refractivity contribution is 5.70. The predicted octanol–water partition coefficient (Wildman–Crippen LogP) is 8.25. The van der Waals surface area contributed by atoms with Gasteiger partial charge in [-0.1, -0.05) is 126 Å². The van der Waals surface area contributed by atoms with Crippen molar-refractivity contribution in [2.75, 3.05) is 13.2 Å². The summed E-state index contributed by atoms with van der Waals surface area (Å²) in [5.74, 6) is -0.689. The minimum Gasteiger partial charge on any atom is -0.462 e. The van der Waals surface area contributed by atoms with Crippen LogP contribution in [-0.2, 0) is 19.1 Å². The summed E-state index contributed by atoms with van der Waals surface area (Å²) in [6, 6.07) is 0. The molecule has 0 fully saturated rings. The Kier molecular flexibility index (Phi) is 28.7. The molecule has 0 spiro atoms. The summed E-state index contributed by atoms with van der Waals surface area (Å²) in [6.07, 6.45) is 35.2. The van der Waals surface area contributed by atoms with Gasteiger partial charge >= 0.3 is 11.9 Å². The first-order chi connectivity index (χ1) is 20.0. The van der Waals surface area contributed by atoms with Crippen LogP contribution in [0, 0.1) is 0 Å². The second-order valence-corrected chi connectivity index (χ2v) is 10.4. The van der Waals surface area contributed by atoms with Gasteiger partial charge in [-0.25, -0.2) is 0 Å². The average Bonchev–Trinajstić information content (AvgIpc) is 2.97. The third-order valence-corrected chi connectivity index (χ3v) is 6.48. The summed E-state index contributed by atoms with van der Waals surface area (Å²) in [5.41, 5.74) is 0. The number of allylic oxidation sites excluding steroid dienone is 9. The van der Waals surface area contributed by atoms with Gasteiger partial charge in [-0.3, -0.25) is 9.59 Å². The topological polar surface area (TPSA) is 93.1 Å². The standard InChI is InChI=1S/C35H58O6/c1-3-5-6-7-8-15-20-23-26-29-35(39)41-33(30-36)31-40-34(38)28-25-22-19-17-14-12-10-9-11-13-16-18-21-24-27-32(37)4-2/h10-13,17-19,21,24,27,32-33,36-37H,3-9,14-16,20,22-23,25-26,28-31H2,1-2H3/b12-10-,13-11-,19-17-,21-18-,27-24+/t32-,33-/m0/s1. The molecule has 0 heterocycles. The molecule has 234 valence electrons. The highest BCUT2D eigenvalue weighted by Crippen LogP contribution is 2.11. The molecule has 6 nitrogen and oxygen atoms in total. The lowest BCUT2D eigenvalue weighted by molar-refractivity contribution is -0.161. The van der Waals surface area contributed by atoms with E-state index in [2.05, 4.69) is 49.5 Å². The van der Waals surface area contributed by atoms with Crippen molar-refractivity contribution in [3.63, 3.8) is 0 Å². The molecule has 2 N–H and O–H groups in total. The largest absolute Gasteiger partial charge is 0.462 e. The van der Waals surface area contributed by atoms with Crippen molar-refractivity contribution in [2.24, 2.45) is 0 Å². The van der Waals surface area contributed by atoms with Gasteiger partial charge in [0.2, 0.25) is 0 Å². The Morgan fingerprint density at radius 1 is 0.683 bits per heavy atom. The Morgan fingerprint density at radius 2 is 1.24 bits per heavy atom. The maximum absolute atomic E-state index is 12.0. The fraction of sp³-hybridized carbons (Fsp3) is 0.657. The third kappa shape index (κ3) is 28.9. The highest BCUT2D eigenvalue weighted by Gasteiger charge is 2.15. The van der Waals surface area contributed by atoms with E-state index in [1.807, 2.05) is 19.1 Å².